The molecule has 0 aliphatic carbocycles. The number of benzene rings is 1. The molecule has 164 valence electrons. The number of anilines is 2. The van der Waals surface area contributed by atoms with Crippen molar-refractivity contribution in [3.8, 4) is 0 Å². The summed E-state index contributed by atoms with van der Waals surface area (Å²) in [4.78, 5) is 14.7. The topological polar surface area (TPSA) is 92.3 Å². The summed E-state index contributed by atoms with van der Waals surface area (Å²) in [6.45, 7) is 8.11. The van der Waals surface area contributed by atoms with E-state index in [1.165, 1.54) is 28.7 Å². The second-order valence-corrected chi connectivity index (χ2v) is 12.1. The maximum atomic E-state index is 12.9. The number of aromatic nitrogens is 2. The molecule has 1 aromatic carbocycles. The molecule has 2 aromatic rings. The number of nitrogens with one attached hydrogen (secondary N) is 1. The van der Waals surface area contributed by atoms with Gasteiger partial charge >= 0.3 is 0 Å². The van der Waals surface area contributed by atoms with Crippen LogP contribution in [0.5, 0.6) is 0 Å². The van der Waals surface area contributed by atoms with Gasteiger partial charge in [-0.2, -0.15) is 0 Å². The largest absolute Gasteiger partial charge is 0.335 e. The van der Waals surface area contributed by atoms with Crippen LogP contribution < -0.4 is 5.32 Å². The number of carbonyl (C=O) groups is 1. The molecule has 1 fully saturated rings. The first kappa shape index (κ1) is 23.0. The van der Waals surface area contributed by atoms with Crippen LogP contribution in [0.2, 0.25) is 0 Å². The van der Waals surface area contributed by atoms with E-state index in [0.717, 1.165) is 17.7 Å². The lowest BCUT2D eigenvalue weighted by Gasteiger charge is -2.33. The van der Waals surface area contributed by atoms with Crippen LogP contribution in [-0.2, 0) is 14.6 Å². The minimum atomic E-state index is -3.05. The number of hydrogen-bond donors (Lipinski definition) is 1. The fourth-order valence-electron chi connectivity index (χ4n) is 3.52. The van der Waals surface area contributed by atoms with Crippen molar-refractivity contribution in [1.82, 2.24) is 15.1 Å². The number of hydrogen-bond acceptors (Lipinski definition) is 8. The molecule has 0 saturated carbocycles. The Morgan fingerprint density at radius 1 is 1.37 bits per heavy atom. The summed E-state index contributed by atoms with van der Waals surface area (Å²) < 4.78 is 24.5. The molecule has 1 aliphatic rings. The number of rotatable bonds is 8. The normalized spacial score (nSPS) is 18.9. The predicted molar refractivity (Wildman–Crippen MR) is 123 cm³/mol. The van der Waals surface area contributed by atoms with Crippen LogP contribution in [0.25, 0.3) is 0 Å². The Bertz CT molecular complexity index is 1010. The van der Waals surface area contributed by atoms with Crippen LogP contribution in [0.15, 0.2) is 22.5 Å². The molecule has 10 heteroatoms. The van der Waals surface area contributed by atoms with Crippen LogP contribution in [0.1, 0.15) is 37.8 Å². The summed E-state index contributed by atoms with van der Waals surface area (Å²) in [6.07, 6.45) is 1.31. The molecule has 0 spiro atoms. The standard InChI is InChI=1S/C20H28N4O3S3/c1-5-14(3)24(16-9-10-30(26,27)12-16)18(25)11-28-20-23-22-19(29-20)21-17-8-6-7-13(2)15(17)4/h6-8,14,16H,5,9-12H2,1-4H3,(H,21,22). The number of carbonyl (C=O) groups excluding carboxylic acids is 1. The van der Waals surface area contributed by atoms with Gasteiger partial charge in [-0.05, 0) is 50.8 Å². The SMILES string of the molecule is CCC(C)N(C(=O)CSc1nnc(Nc2cccc(C)c2C)s1)C1CCS(=O)(=O)C1. The molecule has 1 amide bonds. The zero-order valence-corrected chi connectivity index (χ0v) is 20.2. The zero-order chi connectivity index (χ0) is 21.9. The van der Waals surface area contributed by atoms with Gasteiger partial charge in [-0.15, -0.1) is 10.2 Å². The highest BCUT2D eigenvalue weighted by atomic mass is 32.2. The Hall–Kier alpha value is -1.65. The molecule has 2 atom stereocenters. The van der Waals surface area contributed by atoms with Crippen molar-refractivity contribution in [2.24, 2.45) is 0 Å². The van der Waals surface area contributed by atoms with E-state index in [0.29, 0.717) is 15.9 Å². The quantitative estimate of drug-likeness (QED) is 0.589. The summed E-state index contributed by atoms with van der Waals surface area (Å²) in [6, 6.07) is 5.83. The average Bonchev–Trinajstić information content (AvgIpc) is 3.29. The first-order valence-electron chi connectivity index (χ1n) is 10.0. The maximum absolute atomic E-state index is 12.9. The first-order chi connectivity index (χ1) is 14.2. The van der Waals surface area contributed by atoms with Gasteiger partial charge in [0.25, 0.3) is 0 Å². The number of aryl methyl sites for hydroxylation is 1. The van der Waals surface area contributed by atoms with E-state index in [1.807, 2.05) is 26.0 Å². The molecular weight excluding hydrogens is 440 g/mol. The Labute approximate surface area is 186 Å². The summed E-state index contributed by atoms with van der Waals surface area (Å²) in [5.74, 6) is 0.403. The molecular formula is C20H28N4O3S3. The van der Waals surface area contributed by atoms with Crippen LogP contribution in [0.3, 0.4) is 0 Å². The number of sulfone groups is 1. The monoisotopic (exact) mass is 468 g/mol. The fraction of sp³-hybridized carbons (Fsp3) is 0.550. The van der Waals surface area contributed by atoms with Crippen molar-refractivity contribution in [2.75, 3.05) is 22.6 Å². The molecule has 0 bridgehead atoms. The van der Waals surface area contributed by atoms with E-state index in [-0.39, 0.29) is 35.2 Å². The number of thioether (sulfide) groups is 1. The lowest BCUT2D eigenvalue weighted by molar-refractivity contribution is -0.132. The van der Waals surface area contributed by atoms with Crippen LogP contribution in [0.4, 0.5) is 10.8 Å². The van der Waals surface area contributed by atoms with Gasteiger partial charge in [0.05, 0.1) is 17.3 Å². The molecule has 1 saturated heterocycles. The van der Waals surface area contributed by atoms with Crippen molar-refractivity contribution in [3.63, 3.8) is 0 Å². The lowest BCUT2D eigenvalue weighted by Crippen LogP contribution is -2.47. The number of amides is 1. The highest BCUT2D eigenvalue weighted by molar-refractivity contribution is 8.01. The molecule has 7 nitrogen and oxygen atoms in total. The Morgan fingerprint density at radius 3 is 2.80 bits per heavy atom. The molecule has 1 aromatic heterocycles. The number of nitrogens with zero attached hydrogens (tertiary/aromatic N) is 3. The lowest BCUT2D eigenvalue weighted by atomic mass is 10.1. The Kier molecular flexibility index (Phi) is 7.41. The molecule has 2 heterocycles. The fourth-order valence-corrected chi connectivity index (χ4v) is 6.86. The average molecular weight is 469 g/mol. The van der Waals surface area contributed by atoms with Crippen LogP contribution in [0, 0.1) is 13.8 Å². The van der Waals surface area contributed by atoms with E-state index in [9.17, 15) is 13.2 Å². The van der Waals surface area contributed by atoms with E-state index in [1.54, 1.807) is 4.90 Å². The summed E-state index contributed by atoms with van der Waals surface area (Å²) in [7, 11) is -3.05. The Balaban J connectivity index is 1.63. The molecule has 2 unspecified atom stereocenters. The maximum Gasteiger partial charge on any atom is 0.233 e. The van der Waals surface area contributed by atoms with Crippen molar-refractivity contribution in [1.29, 1.82) is 0 Å². The minimum Gasteiger partial charge on any atom is -0.335 e. The molecule has 1 aliphatic heterocycles. The van der Waals surface area contributed by atoms with Gasteiger partial charge in [-0.25, -0.2) is 8.42 Å². The van der Waals surface area contributed by atoms with Gasteiger partial charge in [0, 0.05) is 17.8 Å². The molecule has 1 N–H and O–H groups in total. The first-order valence-corrected chi connectivity index (χ1v) is 13.6. The van der Waals surface area contributed by atoms with Crippen molar-refractivity contribution in [2.45, 2.75) is 57.0 Å². The van der Waals surface area contributed by atoms with Gasteiger partial charge in [0.15, 0.2) is 14.2 Å². The zero-order valence-electron chi connectivity index (χ0n) is 17.7. The van der Waals surface area contributed by atoms with E-state index in [2.05, 4.69) is 35.4 Å². The summed E-state index contributed by atoms with van der Waals surface area (Å²) >= 11 is 2.75. The second-order valence-electron chi connectivity index (χ2n) is 7.65. The summed E-state index contributed by atoms with van der Waals surface area (Å²) in [5, 5.41) is 12.3. The minimum absolute atomic E-state index is 0.00680. The molecule has 3 rings (SSSR count). The Morgan fingerprint density at radius 2 is 2.13 bits per heavy atom. The van der Waals surface area contributed by atoms with Crippen LogP contribution >= 0.6 is 23.1 Å². The molecule has 30 heavy (non-hydrogen) atoms. The van der Waals surface area contributed by atoms with Crippen molar-refractivity contribution < 1.29 is 13.2 Å². The van der Waals surface area contributed by atoms with E-state index >= 15 is 0 Å². The third kappa shape index (κ3) is 5.53. The van der Waals surface area contributed by atoms with E-state index in [4.69, 9.17) is 0 Å². The van der Waals surface area contributed by atoms with Gasteiger partial charge in [0.1, 0.15) is 0 Å². The van der Waals surface area contributed by atoms with Crippen molar-refractivity contribution >= 4 is 49.7 Å². The van der Waals surface area contributed by atoms with Gasteiger partial charge < -0.3 is 10.2 Å². The van der Waals surface area contributed by atoms with Crippen LogP contribution in [-0.4, -0.2) is 58.8 Å². The third-order valence-corrected chi connectivity index (χ3v) is 9.23. The molecule has 0 radical (unpaired) electrons. The second kappa shape index (κ2) is 9.65. The highest BCUT2D eigenvalue weighted by Gasteiger charge is 2.36. The summed E-state index contributed by atoms with van der Waals surface area (Å²) in [5.41, 5.74) is 3.35. The van der Waals surface area contributed by atoms with Gasteiger partial charge in [0.2, 0.25) is 11.0 Å². The highest BCUT2D eigenvalue weighted by Crippen LogP contribution is 2.30. The van der Waals surface area contributed by atoms with Crippen molar-refractivity contribution in [3.05, 3.63) is 29.3 Å². The third-order valence-electron chi connectivity index (χ3n) is 5.53. The van der Waals surface area contributed by atoms with E-state index < -0.39 is 9.84 Å². The smallest absolute Gasteiger partial charge is 0.233 e. The van der Waals surface area contributed by atoms with Gasteiger partial charge in [-0.3, -0.25) is 4.79 Å². The van der Waals surface area contributed by atoms with Gasteiger partial charge in [-0.1, -0.05) is 42.2 Å². The predicted octanol–water partition coefficient (Wildman–Crippen LogP) is 3.80.